The van der Waals surface area contributed by atoms with Gasteiger partial charge in [0.05, 0.1) is 17.7 Å². The predicted molar refractivity (Wildman–Crippen MR) is 66.7 cm³/mol. The highest BCUT2D eigenvalue weighted by atomic mass is 79.9. The fourth-order valence-corrected chi connectivity index (χ4v) is 2.40. The molecule has 3 nitrogen and oxygen atoms in total. The molecule has 0 unspecified atom stereocenters. The lowest BCUT2D eigenvalue weighted by Gasteiger charge is -2.10. The number of benzene rings is 1. The van der Waals surface area contributed by atoms with Crippen LogP contribution >= 0.6 is 27.7 Å². The van der Waals surface area contributed by atoms with Gasteiger partial charge in [-0.2, -0.15) is 18.4 Å². The van der Waals surface area contributed by atoms with Gasteiger partial charge in [-0.25, -0.2) is 4.79 Å². The molecular formula is C11H7BrF3NO2S. The number of hydrogen-bond donors (Lipinski definition) is 0. The molecule has 0 saturated carbocycles. The summed E-state index contributed by atoms with van der Waals surface area (Å²) in [4.78, 5) is 11.4. The maximum Gasteiger partial charge on any atom is 0.446 e. The van der Waals surface area contributed by atoms with Gasteiger partial charge in [-0.3, -0.25) is 0 Å². The molecule has 0 aliphatic heterocycles. The summed E-state index contributed by atoms with van der Waals surface area (Å²) >= 11 is 2.59. The second-order valence-corrected chi connectivity index (χ2v) is 5.17. The molecule has 0 spiro atoms. The van der Waals surface area contributed by atoms with E-state index < -0.39 is 11.5 Å². The van der Waals surface area contributed by atoms with Crippen LogP contribution in [0.3, 0.4) is 0 Å². The van der Waals surface area contributed by atoms with Crippen LogP contribution < -0.4 is 0 Å². The fourth-order valence-electron chi connectivity index (χ4n) is 1.23. The first-order valence-electron chi connectivity index (χ1n) is 4.95. The van der Waals surface area contributed by atoms with Crippen molar-refractivity contribution in [2.45, 2.75) is 17.3 Å². The molecule has 0 N–H and O–H groups in total. The van der Waals surface area contributed by atoms with Crippen molar-refractivity contribution in [3.63, 3.8) is 0 Å². The Morgan fingerprint density at radius 2 is 2.16 bits per heavy atom. The second-order valence-electron chi connectivity index (χ2n) is 3.21. The molecule has 1 aromatic carbocycles. The molecule has 0 aliphatic rings. The van der Waals surface area contributed by atoms with E-state index in [2.05, 4.69) is 15.9 Å². The largest absolute Gasteiger partial charge is 0.462 e. The third-order valence-corrected chi connectivity index (χ3v) is 3.62. The van der Waals surface area contributed by atoms with Gasteiger partial charge in [0.2, 0.25) is 0 Å². The monoisotopic (exact) mass is 353 g/mol. The molecule has 0 amide bonds. The summed E-state index contributed by atoms with van der Waals surface area (Å²) < 4.78 is 41.7. The van der Waals surface area contributed by atoms with Crippen LogP contribution in [0.4, 0.5) is 13.2 Å². The molecule has 8 heteroatoms. The number of thioether (sulfide) groups is 1. The predicted octanol–water partition coefficient (Wildman–Crippen LogP) is 4.11. The van der Waals surface area contributed by atoms with Gasteiger partial charge in [-0.15, -0.1) is 0 Å². The van der Waals surface area contributed by atoms with Gasteiger partial charge in [0, 0.05) is 9.37 Å². The van der Waals surface area contributed by atoms with Crippen LogP contribution in [-0.4, -0.2) is 18.1 Å². The lowest BCUT2D eigenvalue weighted by Crippen LogP contribution is -2.08. The molecule has 0 fully saturated rings. The number of ether oxygens (including phenoxy) is 1. The fraction of sp³-hybridized carbons (Fsp3) is 0.273. The van der Waals surface area contributed by atoms with Gasteiger partial charge in [0.15, 0.2) is 0 Å². The first-order valence-corrected chi connectivity index (χ1v) is 6.56. The molecular weight excluding hydrogens is 347 g/mol. The summed E-state index contributed by atoms with van der Waals surface area (Å²) in [5, 5.41) is 8.89. The van der Waals surface area contributed by atoms with Crippen molar-refractivity contribution in [2.75, 3.05) is 6.61 Å². The molecule has 0 radical (unpaired) electrons. The van der Waals surface area contributed by atoms with Crippen molar-refractivity contribution in [2.24, 2.45) is 0 Å². The quantitative estimate of drug-likeness (QED) is 0.606. The Bertz CT molecular complexity index is 540. The minimum atomic E-state index is -4.47. The van der Waals surface area contributed by atoms with E-state index >= 15 is 0 Å². The molecule has 0 aromatic heterocycles. The van der Waals surface area contributed by atoms with Crippen LogP contribution in [0.5, 0.6) is 0 Å². The Kier molecular flexibility index (Phi) is 5.26. The molecule has 1 aromatic rings. The van der Waals surface area contributed by atoms with Crippen molar-refractivity contribution in [1.82, 2.24) is 0 Å². The summed E-state index contributed by atoms with van der Waals surface area (Å²) in [5.41, 5.74) is -4.70. The SMILES string of the molecule is CCOC(=O)c1cc(Br)c(SC(F)(F)F)cc1C#N. The standard InChI is InChI=1S/C11H7BrF3NO2S/c1-2-18-10(17)7-4-8(12)9(3-6(7)5-16)19-11(13,14)15/h3-4H,2H2,1H3. The number of carbonyl (C=O) groups is 1. The normalized spacial score (nSPS) is 10.9. The topological polar surface area (TPSA) is 50.1 Å². The summed E-state index contributed by atoms with van der Waals surface area (Å²) in [6.45, 7) is 1.70. The molecule has 0 bridgehead atoms. The number of rotatable bonds is 3. The van der Waals surface area contributed by atoms with Gasteiger partial charge in [0.25, 0.3) is 0 Å². The average Bonchev–Trinajstić information content (AvgIpc) is 2.29. The maximum absolute atomic E-state index is 12.3. The Morgan fingerprint density at radius 1 is 1.53 bits per heavy atom. The minimum absolute atomic E-state index is 0.0669. The highest BCUT2D eigenvalue weighted by molar-refractivity contribution is 9.10. The first kappa shape index (κ1) is 15.9. The Hall–Kier alpha value is -1.20. The van der Waals surface area contributed by atoms with E-state index in [-0.39, 0.29) is 38.9 Å². The van der Waals surface area contributed by atoms with E-state index in [9.17, 15) is 18.0 Å². The molecule has 0 heterocycles. The average molecular weight is 354 g/mol. The van der Waals surface area contributed by atoms with Crippen LogP contribution in [0, 0.1) is 11.3 Å². The lowest BCUT2D eigenvalue weighted by atomic mass is 10.1. The van der Waals surface area contributed by atoms with E-state index in [0.29, 0.717) is 0 Å². The smallest absolute Gasteiger partial charge is 0.446 e. The van der Waals surface area contributed by atoms with Gasteiger partial charge in [-0.05, 0) is 46.7 Å². The van der Waals surface area contributed by atoms with Gasteiger partial charge in [0.1, 0.15) is 6.07 Å². The molecule has 0 saturated heterocycles. The Morgan fingerprint density at radius 3 is 2.63 bits per heavy atom. The van der Waals surface area contributed by atoms with Crippen LogP contribution in [-0.2, 0) is 4.74 Å². The Labute approximate surface area is 119 Å². The molecule has 0 atom stereocenters. The van der Waals surface area contributed by atoms with Crippen LogP contribution in [0.15, 0.2) is 21.5 Å². The molecule has 1 rings (SSSR count). The number of nitrogens with zero attached hydrogens (tertiary/aromatic N) is 1. The Balaban J connectivity index is 3.22. The highest BCUT2D eigenvalue weighted by Crippen LogP contribution is 2.41. The number of alkyl halides is 3. The van der Waals surface area contributed by atoms with Crippen molar-refractivity contribution in [3.8, 4) is 6.07 Å². The van der Waals surface area contributed by atoms with Crippen molar-refractivity contribution in [1.29, 1.82) is 5.26 Å². The molecule has 19 heavy (non-hydrogen) atoms. The van der Waals surface area contributed by atoms with Crippen molar-refractivity contribution in [3.05, 3.63) is 27.7 Å². The van der Waals surface area contributed by atoms with E-state index in [1.54, 1.807) is 13.0 Å². The van der Waals surface area contributed by atoms with E-state index in [1.165, 1.54) is 0 Å². The number of carbonyl (C=O) groups excluding carboxylic acids is 1. The van der Waals surface area contributed by atoms with Crippen molar-refractivity contribution >= 4 is 33.7 Å². The zero-order valence-corrected chi connectivity index (χ0v) is 11.9. The zero-order valence-electron chi connectivity index (χ0n) is 9.55. The minimum Gasteiger partial charge on any atom is -0.462 e. The summed E-state index contributed by atoms with van der Waals surface area (Å²) in [5.74, 6) is -0.747. The van der Waals surface area contributed by atoms with E-state index in [4.69, 9.17) is 10.00 Å². The third-order valence-electron chi connectivity index (χ3n) is 1.91. The molecule has 0 aliphatic carbocycles. The summed E-state index contributed by atoms with van der Waals surface area (Å²) in [6.07, 6.45) is 0. The van der Waals surface area contributed by atoms with Crippen molar-refractivity contribution < 1.29 is 22.7 Å². The number of hydrogen-bond acceptors (Lipinski definition) is 4. The maximum atomic E-state index is 12.3. The van der Waals surface area contributed by atoms with Crippen LogP contribution in [0.2, 0.25) is 0 Å². The van der Waals surface area contributed by atoms with Crippen LogP contribution in [0.1, 0.15) is 22.8 Å². The summed E-state index contributed by atoms with van der Waals surface area (Å²) in [7, 11) is 0. The molecule has 102 valence electrons. The van der Waals surface area contributed by atoms with E-state index in [1.807, 2.05) is 0 Å². The highest BCUT2D eigenvalue weighted by Gasteiger charge is 2.31. The van der Waals surface area contributed by atoms with Crippen LogP contribution in [0.25, 0.3) is 0 Å². The van der Waals surface area contributed by atoms with Gasteiger partial charge < -0.3 is 4.74 Å². The van der Waals surface area contributed by atoms with E-state index in [0.717, 1.165) is 12.1 Å². The third kappa shape index (κ3) is 4.44. The second kappa shape index (κ2) is 6.30. The number of esters is 1. The zero-order chi connectivity index (χ0) is 14.6. The van der Waals surface area contributed by atoms with Gasteiger partial charge >= 0.3 is 11.5 Å². The van der Waals surface area contributed by atoms with Gasteiger partial charge in [-0.1, -0.05) is 0 Å². The number of halogens is 4. The summed E-state index contributed by atoms with van der Waals surface area (Å²) in [6, 6.07) is 3.85. The first-order chi connectivity index (χ1) is 8.78. The number of nitriles is 1. The lowest BCUT2D eigenvalue weighted by molar-refractivity contribution is -0.0328.